The standard InChI is InChI=1S/C21H32N2.CH4.B/c1-15-12-13-18-19(14-15)23-21(17-10-6-3-7-11-17)20(22-18)16-8-4-2-5-9-16;;/h15-17H,2-14H2,1H3;1H4;. The summed E-state index contributed by atoms with van der Waals surface area (Å²) >= 11 is 0. The van der Waals surface area contributed by atoms with Crippen molar-refractivity contribution in [3.05, 3.63) is 22.8 Å². The lowest BCUT2D eigenvalue weighted by Gasteiger charge is -2.30. The zero-order chi connectivity index (χ0) is 15.6. The molecule has 0 aromatic carbocycles. The van der Waals surface area contributed by atoms with Crippen molar-refractivity contribution in [1.29, 1.82) is 0 Å². The van der Waals surface area contributed by atoms with Gasteiger partial charge in [-0.15, -0.1) is 0 Å². The van der Waals surface area contributed by atoms with Crippen LogP contribution in [0.1, 0.15) is 120 Å². The Kier molecular flexibility index (Phi) is 7.52. The first-order chi connectivity index (χ1) is 11.3. The molecule has 4 rings (SSSR count). The molecular weight excluding hydrogens is 303 g/mol. The molecule has 25 heavy (non-hydrogen) atoms. The average Bonchev–Trinajstić information content (AvgIpc) is 2.62. The molecular formula is C22H36BN2. The van der Waals surface area contributed by atoms with Gasteiger partial charge in [-0.2, -0.15) is 0 Å². The van der Waals surface area contributed by atoms with Gasteiger partial charge in [0.15, 0.2) is 0 Å². The van der Waals surface area contributed by atoms with Crippen LogP contribution in [0, 0.1) is 5.92 Å². The van der Waals surface area contributed by atoms with Crippen LogP contribution < -0.4 is 0 Å². The number of aryl methyl sites for hydroxylation is 1. The van der Waals surface area contributed by atoms with Crippen molar-refractivity contribution in [2.75, 3.05) is 0 Å². The van der Waals surface area contributed by atoms with E-state index < -0.39 is 0 Å². The maximum Gasteiger partial charge on any atom is 0.0656 e. The lowest BCUT2D eigenvalue weighted by Crippen LogP contribution is -2.22. The molecule has 0 bridgehead atoms. The summed E-state index contributed by atoms with van der Waals surface area (Å²) in [7, 11) is 0. The number of fused-ring (bicyclic) bond motifs is 1. The monoisotopic (exact) mass is 339 g/mol. The molecule has 2 fully saturated rings. The van der Waals surface area contributed by atoms with Gasteiger partial charge in [0.2, 0.25) is 0 Å². The van der Waals surface area contributed by atoms with Crippen molar-refractivity contribution in [2.45, 2.75) is 110 Å². The summed E-state index contributed by atoms with van der Waals surface area (Å²) in [6.07, 6.45) is 17.4. The van der Waals surface area contributed by atoms with Gasteiger partial charge in [0.1, 0.15) is 0 Å². The van der Waals surface area contributed by atoms with Crippen LogP contribution in [0.25, 0.3) is 0 Å². The lowest BCUT2D eigenvalue weighted by molar-refractivity contribution is 0.398. The average molecular weight is 339 g/mol. The quantitative estimate of drug-likeness (QED) is 0.622. The Hall–Kier alpha value is -0.855. The molecule has 0 saturated heterocycles. The second-order valence-electron chi connectivity index (χ2n) is 8.41. The fourth-order valence-electron chi connectivity index (χ4n) is 5.07. The van der Waals surface area contributed by atoms with Crippen molar-refractivity contribution in [3.8, 4) is 0 Å². The number of hydrogen-bond acceptors (Lipinski definition) is 2. The first-order valence-corrected chi connectivity index (χ1v) is 10.2. The molecule has 0 spiro atoms. The van der Waals surface area contributed by atoms with E-state index >= 15 is 0 Å². The minimum absolute atomic E-state index is 0. The summed E-state index contributed by atoms with van der Waals surface area (Å²) in [4.78, 5) is 10.6. The summed E-state index contributed by atoms with van der Waals surface area (Å²) < 4.78 is 0. The van der Waals surface area contributed by atoms with Crippen LogP contribution in [0.15, 0.2) is 0 Å². The Morgan fingerprint density at radius 1 is 0.680 bits per heavy atom. The third-order valence-electron chi connectivity index (χ3n) is 6.51. The molecule has 1 aromatic rings. The van der Waals surface area contributed by atoms with Gasteiger partial charge in [-0.1, -0.05) is 52.9 Å². The van der Waals surface area contributed by atoms with Crippen LogP contribution in [0.4, 0.5) is 0 Å². The number of hydrogen-bond donors (Lipinski definition) is 0. The van der Waals surface area contributed by atoms with Crippen LogP contribution >= 0.6 is 0 Å². The summed E-state index contributed by atoms with van der Waals surface area (Å²) in [5, 5.41) is 0. The van der Waals surface area contributed by atoms with Crippen molar-refractivity contribution < 1.29 is 0 Å². The molecule has 3 aliphatic rings. The van der Waals surface area contributed by atoms with Gasteiger partial charge < -0.3 is 0 Å². The highest BCUT2D eigenvalue weighted by Gasteiger charge is 2.29. The highest BCUT2D eigenvalue weighted by Crippen LogP contribution is 2.40. The first-order valence-electron chi connectivity index (χ1n) is 10.2. The largest absolute Gasteiger partial charge is 0.254 e. The van der Waals surface area contributed by atoms with E-state index in [1.807, 2.05) is 0 Å². The molecule has 3 radical (unpaired) electrons. The molecule has 0 aliphatic heterocycles. The lowest BCUT2D eigenvalue weighted by atomic mass is 9.79. The van der Waals surface area contributed by atoms with Crippen molar-refractivity contribution in [1.82, 2.24) is 9.97 Å². The van der Waals surface area contributed by atoms with Gasteiger partial charge in [-0.05, 0) is 50.9 Å². The third kappa shape index (κ3) is 4.46. The molecule has 1 aromatic heterocycles. The molecule has 1 heterocycles. The van der Waals surface area contributed by atoms with Gasteiger partial charge in [0.05, 0.1) is 22.8 Å². The molecule has 3 heteroatoms. The third-order valence-corrected chi connectivity index (χ3v) is 6.51. The van der Waals surface area contributed by atoms with Crippen LogP contribution in [-0.2, 0) is 12.8 Å². The molecule has 1 unspecified atom stereocenters. The van der Waals surface area contributed by atoms with E-state index in [1.165, 1.54) is 93.4 Å². The van der Waals surface area contributed by atoms with Crippen molar-refractivity contribution >= 4 is 8.41 Å². The van der Waals surface area contributed by atoms with Crippen LogP contribution in [0.3, 0.4) is 0 Å². The van der Waals surface area contributed by atoms with Gasteiger partial charge in [-0.3, -0.25) is 9.97 Å². The second kappa shape index (κ2) is 9.19. The Bertz CT molecular complexity index is 545. The number of rotatable bonds is 2. The smallest absolute Gasteiger partial charge is 0.0656 e. The normalized spacial score (nSPS) is 24.8. The van der Waals surface area contributed by atoms with Gasteiger partial charge in [0, 0.05) is 20.2 Å². The van der Waals surface area contributed by atoms with Gasteiger partial charge >= 0.3 is 0 Å². The Morgan fingerprint density at radius 3 is 1.68 bits per heavy atom. The van der Waals surface area contributed by atoms with E-state index in [0.29, 0.717) is 11.8 Å². The summed E-state index contributed by atoms with van der Waals surface area (Å²) in [6, 6.07) is 0. The van der Waals surface area contributed by atoms with Crippen molar-refractivity contribution in [2.24, 2.45) is 5.92 Å². The zero-order valence-electron chi connectivity index (χ0n) is 15.4. The summed E-state index contributed by atoms with van der Waals surface area (Å²) in [5.74, 6) is 2.20. The van der Waals surface area contributed by atoms with E-state index in [1.54, 1.807) is 0 Å². The molecule has 3 aliphatic carbocycles. The fraction of sp³-hybridized carbons (Fsp3) is 0.818. The number of nitrogens with zero attached hydrogens (tertiary/aromatic N) is 2. The van der Waals surface area contributed by atoms with Crippen LogP contribution in [-0.4, -0.2) is 18.4 Å². The maximum absolute atomic E-state index is 5.30. The second-order valence-corrected chi connectivity index (χ2v) is 8.41. The van der Waals surface area contributed by atoms with E-state index in [2.05, 4.69) is 6.92 Å². The zero-order valence-corrected chi connectivity index (χ0v) is 15.4. The molecule has 2 saturated carbocycles. The molecule has 0 amide bonds. The highest BCUT2D eigenvalue weighted by atomic mass is 14.9. The first kappa shape index (κ1) is 20.5. The Labute approximate surface area is 157 Å². The minimum Gasteiger partial charge on any atom is -0.254 e. The van der Waals surface area contributed by atoms with Gasteiger partial charge in [0.25, 0.3) is 0 Å². The summed E-state index contributed by atoms with van der Waals surface area (Å²) in [5.41, 5.74) is 5.57. The molecule has 0 N–H and O–H groups in total. The van der Waals surface area contributed by atoms with Crippen molar-refractivity contribution in [3.63, 3.8) is 0 Å². The fourth-order valence-corrected chi connectivity index (χ4v) is 5.07. The van der Waals surface area contributed by atoms with E-state index in [-0.39, 0.29) is 15.8 Å². The predicted molar refractivity (Wildman–Crippen MR) is 107 cm³/mol. The van der Waals surface area contributed by atoms with E-state index in [4.69, 9.17) is 9.97 Å². The molecule has 1 atom stereocenters. The highest BCUT2D eigenvalue weighted by molar-refractivity contribution is 5.75. The molecule has 2 nitrogen and oxygen atoms in total. The van der Waals surface area contributed by atoms with E-state index in [9.17, 15) is 0 Å². The Balaban J connectivity index is 0.00000113. The Morgan fingerprint density at radius 2 is 1.16 bits per heavy atom. The maximum atomic E-state index is 5.30. The SMILES string of the molecule is C.CC1CCc2nc(C3CCCCC3)c(C3CCCCC3)nc2C1.[B]. The topological polar surface area (TPSA) is 25.8 Å². The number of aromatic nitrogens is 2. The van der Waals surface area contributed by atoms with Crippen LogP contribution in [0.5, 0.6) is 0 Å². The van der Waals surface area contributed by atoms with E-state index in [0.717, 1.165) is 18.8 Å². The predicted octanol–water partition coefficient (Wildman–Crippen LogP) is 5.95. The summed E-state index contributed by atoms with van der Waals surface area (Å²) in [6.45, 7) is 2.37. The molecule has 137 valence electrons. The minimum atomic E-state index is 0. The van der Waals surface area contributed by atoms with Gasteiger partial charge in [-0.25, -0.2) is 0 Å². The van der Waals surface area contributed by atoms with Crippen LogP contribution in [0.2, 0.25) is 0 Å².